The summed E-state index contributed by atoms with van der Waals surface area (Å²) in [5.41, 5.74) is 0. The molecule has 0 saturated carbocycles. The van der Waals surface area contributed by atoms with Gasteiger partial charge in [-0.15, -0.1) is 0 Å². The molecule has 5 nitrogen and oxygen atoms in total. The van der Waals surface area contributed by atoms with Crippen LogP contribution in [-0.2, 0) is 13.8 Å². The highest BCUT2D eigenvalue weighted by atomic mass is 28.3. The largest absolute Gasteiger partial charge is 0.785 e. The predicted octanol–water partition coefficient (Wildman–Crippen LogP) is -1.90. The summed E-state index contributed by atoms with van der Waals surface area (Å²) in [5, 5.41) is 0. The maximum Gasteiger partial charge on any atom is 0.785 e. The normalized spacial score (nSPS) is 5.29. The average molecular weight is 123 g/mol. The molecule has 0 amide bonds. The van der Waals surface area contributed by atoms with Crippen LogP contribution < -0.4 is 5.90 Å². The Morgan fingerprint density at radius 3 is 1.86 bits per heavy atom. The van der Waals surface area contributed by atoms with Crippen LogP contribution in [0.2, 0.25) is 0 Å². The van der Waals surface area contributed by atoms with E-state index >= 15 is 0 Å². The maximum atomic E-state index is 9.21. The Morgan fingerprint density at radius 1 is 1.71 bits per heavy atom. The minimum atomic E-state index is -2.85. The Labute approximate surface area is 41.6 Å². The molecule has 0 aliphatic carbocycles. The van der Waals surface area contributed by atoms with Gasteiger partial charge >= 0.3 is 9.17 Å². The van der Waals surface area contributed by atoms with E-state index in [0.29, 0.717) is 0 Å². The molecule has 6 heteroatoms. The van der Waals surface area contributed by atoms with Crippen LogP contribution in [0.15, 0.2) is 0 Å². The van der Waals surface area contributed by atoms with Gasteiger partial charge in [0.2, 0.25) is 0 Å². The quantitative estimate of drug-likeness (QED) is 0.314. The van der Waals surface area contributed by atoms with Crippen LogP contribution in [0.25, 0.3) is 0 Å². The van der Waals surface area contributed by atoms with Crippen molar-refractivity contribution in [2.45, 2.75) is 0 Å². The lowest BCUT2D eigenvalue weighted by Gasteiger charge is -1.76. The lowest BCUT2D eigenvalue weighted by Crippen LogP contribution is -2.10. The molecule has 0 radical (unpaired) electrons. The molecule has 3 N–H and O–H groups in total. The molecule has 7 heavy (non-hydrogen) atoms. The molecular weight excluding hydrogens is 118 g/mol. The second-order valence-electron chi connectivity index (χ2n) is 0.384. The standard InChI is InChI=1S/CH2O.H3NO3Si/c1-2;1-4-5(2)3/h1H2;2H,1H2. The lowest BCUT2D eigenvalue weighted by molar-refractivity contribution is -0.0979. The van der Waals surface area contributed by atoms with E-state index in [2.05, 4.69) is 10.4 Å². The van der Waals surface area contributed by atoms with Gasteiger partial charge in [0.15, 0.2) is 0 Å². The zero-order chi connectivity index (χ0) is 6.28. The van der Waals surface area contributed by atoms with E-state index in [1.54, 1.807) is 0 Å². The van der Waals surface area contributed by atoms with E-state index in [1.165, 1.54) is 0 Å². The third-order valence-corrected chi connectivity index (χ3v) is 0.302. The smallest absolute Gasteiger partial charge is 0.511 e. The molecule has 0 aliphatic rings. The fourth-order valence-electron chi connectivity index (χ4n) is 0. The molecule has 42 valence electrons. The molecule has 0 fully saturated rings. The van der Waals surface area contributed by atoms with Crippen LogP contribution in [-0.4, -0.2) is 20.8 Å². The molecule has 0 unspecified atom stereocenters. The second kappa shape index (κ2) is 8.98. The number of nitrogens with two attached hydrogens (primary N) is 1. The molecular formula is CH5NO4Si. The van der Waals surface area contributed by atoms with Gasteiger partial charge in [-0.05, 0) is 0 Å². The zero-order valence-corrected chi connectivity index (χ0v) is 4.46. The molecule has 0 saturated heterocycles. The van der Waals surface area contributed by atoms with Gasteiger partial charge in [-0.25, -0.2) is 0 Å². The van der Waals surface area contributed by atoms with Gasteiger partial charge in [0.1, 0.15) is 6.79 Å². The number of rotatable bonds is 1. The second-order valence-corrected chi connectivity index (χ2v) is 1.15. The summed E-state index contributed by atoms with van der Waals surface area (Å²) < 4.78 is 12.6. The van der Waals surface area contributed by atoms with Crippen molar-refractivity contribution in [3.63, 3.8) is 0 Å². The first-order chi connectivity index (χ1) is 3.27. The van der Waals surface area contributed by atoms with Crippen LogP contribution in [0.1, 0.15) is 0 Å². The summed E-state index contributed by atoms with van der Waals surface area (Å²) >= 11 is 0. The highest BCUT2D eigenvalue weighted by Crippen LogP contribution is 1.44. The van der Waals surface area contributed by atoms with Crippen molar-refractivity contribution in [3.8, 4) is 0 Å². The van der Waals surface area contributed by atoms with Crippen LogP contribution in [0.5, 0.6) is 0 Å². The van der Waals surface area contributed by atoms with E-state index in [-0.39, 0.29) is 0 Å². The molecule has 0 bridgehead atoms. The third-order valence-electron chi connectivity index (χ3n) is 0.101. The number of carbonyl (C=O) groups excluding carboxylic acids is 1. The van der Waals surface area contributed by atoms with Crippen molar-refractivity contribution in [1.29, 1.82) is 0 Å². The maximum absolute atomic E-state index is 9.21. The van der Waals surface area contributed by atoms with Crippen molar-refractivity contribution in [2.75, 3.05) is 0 Å². The Morgan fingerprint density at radius 2 is 1.86 bits per heavy atom. The SMILES string of the molecule is C=O.NO[Si](=O)O. The summed E-state index contributed by atoms with van der Waals surface area (Å²) in [4.78, 5) is 15.6. The lowest BCUT2D eigenvalue weighted by atomic mass is 11.9. The van der Waals surface area contributed by atoms with Crippen molar-refractivity contribution < 1.29 is 18.6 Å². The van der Waals surface area contributed by atoms with Crippen LogP contribution in [0, 0.1) is 0 Å². The molecule has 0 aliphatic heterocycles. The molecule has 0 atom stereocenters. The highest BCUT2D eigenvalue weighted by Gasteiger charge is 1.95. The average Bonchev–Trinajstić information content (AvgIpc) is 1.73. The number of carbonyl (C=O) groups is 1. The molecule has 0 heterocycles. The Balaban J connectivity index is 0. The first-order valence-corrected chi connectivity index (χ1v) is 2.42. The zero-order valence-electron chi connectivity index (χ0n) is 3.46. The van der Waals surface area contributed by atoms with E-state index in [1.807, 2.05) is 6.79 Å². The van der Waals surface area contributed by atoms with Gasteiger partial charge in [-0.2, -0.15) is 5.90 Å². The monoisotopic (exact) mass is 123 g/mol. The van der Waals surface area contributed by atoms with Crippen LogP contribution in [0.4, 0.5) is 0 Å². The summed E-state index contributed by atoms with van der Waals surface area (Å²) in [6, 6.07) is 0. The Hall–Kier alpha value is -0.753. The fourth-order valence-corrected chi connectivity index (χ4v) is 0. The van der Waals surface area contributed by atoms with Crippen molar-refractivity contribution >= 4 is 16.0 Å². The van der Waals surface area contributed by atoms with Gasteiger partial charge < -0.3 is 14.1 Å². The molecule has 0 aromatic carbocycles. The minimum Gasteiger partial charge on any atom is -0.511 e. The Kier molecular flexibility index (Phi) is 12.2. The summed E-state index contributed by atoms with van der Waals surface area (Å²) in [7, 11) is -2.85. The summed E-state index contributed by atoms with van der Waals surface area (Å²) in [6.07, 6.45) is 0. The van der Waals surface area contributed by atoms with E-state index in [4.69, 9.17) is 9.59 Å². The van der Waals surface area contributed by atoms with Gasteiger partial charge in [0.25, 0.3) is 0 Å². The predicted molar refractivity (Wildman–Crippen MR) is 21.1 cm³/mol. The Bertz CT molecular complexity index is 55.7. The molecule has 0 aromatic heterocycles. The summed E-state index contributed by atoms with van der Waals surface area (Å²) in [6.45, 7) is 2.00. The van der Waals surface area contributed by atoms with E-state index in [9.17, 15) is 4.46 Å². The third kappa shape index (κ3) is 35.6. The van der Waals surface area contributed by atoms with E-state index in [0.717, 1.165) is 0 Å². The van der Waals surface area contributed by atoms with Crippen molar-refractivity contribution in [1.82, 2.24) is 0 Å². The molecule has 0 spiro atoms. The van der Waals surface area contributed by atoms with Gasteiger partial charge in [0.05, 0.1) is 0 Å². The molecule has 0 rings (SSSR count). The first-order valence-electron chi connectivity index (χ1n) is 1.16. The highest BCUT2D eigenvalue weighted by molar-refractivity contribution is 6.23. The number of hydrogen-bond donors (Lipinski definition) is 2. The first kappa shape index (κ1) is 9.54. The van der Waals surface area contributed by atoms with Gasteiger partial charge in [0, 0.05) is 0 Å². The van der Waals surface area contributed by atoms with Crippen LogP contribution >= 0.6 is 0 Å². The van der Waals surface area contributed by atoms with Crippen molar-refractivity contribution in [2.24, 2.45) is 5.90 Å². The molecule has 0 aromatic rings. The fraction of sp³-hybridized carbons (Fsp3) is 0. The number of hydrogen-bond acceptors (Lipinski definition) is 4. The van der Waals surface area contributed by atoms with Crippen molar-refractivity contribution in [3.05, 3.63) is 0 Å². The van der Waals surface area contributed by atoms with Crippen LogP contribution in [0.3, 0.4) is 0 Å². The van der Waals surface area contributed by atoms with Gasteiger partial charge in [-0.3, -0.25) is 4.46 Å². The minimum absolute atomic E-state index is 2.00. The van der Waals surface area contributed by atoms with E-state index < -0.39 is 9.17 Å². The summed E-state index contributed by atoms with van der Waals surface area (Å²) in [5.74, 6) is 4.15. The topological polar surface area (TPSA) is 89.6 Å². The van der Waals surface area contributed by atoms with Gasteiger partial charge in [-0.1, -0.05) is 0 Å².